The van der Waals surface area contributed by atoms with Crippen LogP contribution in [0.2, 0.25) is 0 Å². The van der Waals surface area contributed by atoms with Crippen LogP contribution < -0.4 is 5.32 Å². The van der Waals surface area contributed by atoms with Crippen molar-refractivity contribution < 1.29 is 0 Å². The number of nitrogens with one attached hydrogen (secondary N) is 1. The molecule has 0 saturated carbocycles. The molecule has 2 rings (SSSR count). The van der Waals surface area contributed by atoms with Gasteiger partial charge in [0, 0.05) is 31.1 Å². The quantitative estimate of drug-likeness (QED) is 0.899. The normalized spacial score (nSPS) is 28.7. The summed E-state index contributed by atoms with van der Waals surface area (Å²) in [5.41, 5.74) is 1.24. The molecule has 1 fully saturated rings. The molecule has 0 spiro atoms. The Morgan fingerprint density at radius 3 is 2.95 bits per heavy atom. The first-order valence-electron chi connectivity index (χ1n) is 7.48. The van der Waals surface area contributed by atoms with Crippen molar-refractivity contribution in [1.29, 1.82) is 0 Å². The lowest BCUT2D eigenvalue weighted by Crippen LogP contribution is -2.45. The van der Waals surface area contributed by atoms with E-state index in [1.807, 2.05) is 0 Å². The van der Waals surface area contributed by atoms with Gasteiger partial charge in [-0.2, -0.15) is 0 Å². The largest absolute Gasteiger partial charge is 0.311 e. The number of nitrogens with zero attached hydrogens (tertiary/aromatic N) is 2. The Bertz CT molecular complexity index is 390. The van der Waals surface area contributed by atoms with Gasteiger partial charge in [0.15, 0.2) is 0 Å². The molecule has 3 nitrogen and oxygen atoms in total. The Kier molecular flexibility index (Phi) is 5.37. The third-order valence-electron chi connectivity index (χ3n) is 4.21. The predicted molar refractivity (Wildman–Crippen MR) is 82.3 cm³/mol. The zero-order valence-electron chi connectivity index (χ0n) is 12.6. The van der Waals surface area contributed by atoms with Crippen LogP contribution in [0.25, 0.3) is 0 Å². The number of hydrogen-bond donors (Lipinski definition) is 1. The van der Waals surface area contributed by atoms with Gasteiger partial charge >= 0.3 is 0 Å². The van der Waals surface area contributed by atoms with E-state index in [0.29, 0.717) is 6.04 Å². The van der Waals surface area contributed by atoms with Crippen LogP contribution in [-0.4, -0.2) is 29.0 Å². The van der Waals surface area contributed by atoms with Gasteiger partial charge in [-0.3, -0.25) is 4.90 Å². The van der Waals surface area contributed by atoms with E-state index in [1.54, 1.807) is 11.3 Å². The summed E-state index contributed by atoms with van der Waals surface area (Å²) >= 11 is 1.78. The van der Waals surface area contributed by atoms with Crippen molar-refractivity contribution in [2.24, 2.45) is 11.8 Å². The second-order valence-corrected chi connectivity index (χ2v) is 6.94. The summed E-state index contributed by atoms with van der Waals surface area (Å²) in [7, 11) is 0. The monoisotopic (exact) mass is 281 g/mol. The van der Waals surface area contributed by atoms with Crippen molar-refractivity contribution in [3.05, 3.63) is 16.1 Å². The number of rotatable bonds is 5. The molecule has 1 N–H and O–H groups in total. The number of likely N-dealkylation sites (tertiary alicyclic amines) is 1. The van der Waals surface area contributed by atoms with Gasteiger partial charge in [0.1, 0.15) is 5.01 Å². The summed E-state index contributed by atoms with van der Waals surface area (Å²) in [5, 5.41) is 6.77. The van der Waals surface area contributed by atoms with Crippen LogP contribution in [0.3, 0.4) is 0 Å². The lowest BCUT2D eigenvalue weighted by molar-refractivity contribution is 0.0720. The van der Waals surface area contributed by atoms with Crippen molar-refractivity contribution in [3.63, 3.8) is 0 Å². The summed E-state index contributed by atoms with van der Waals surface area (Å²) in [5.74, 6) is 1.61. The molecule has 4 heteroatoms. The van der Waals surface area contributed by atoms with E-state index in [2.05, 4.69) is 43.3 Å². The van der Waals surface area contributed by atoms with Crippen LogP contribution in [0, 0.1) is 11.8 Å². The average Bonchev–Trinajstić information content (AvgIpc) is 2.80. The second-order valence-electron chi connectivity index (χ2n) is 6.00. The molecule has 0 aromatic carbocycles. The van der Waals surface area contributed by atoms with Crippen LogP contribution in [0.5, 0.6) is 0 Å². The molecule has 19 heavy (non-hydrogen) atoms. The van der Waals surface area contributed by atoms with E-state index in [-0.39, 0.29) is 0 Å². The van der Waals surface area contributed by atoms with E-state index in [4.69, 9.17) is 4.98 Å². The Labute approximate surface area is 121 Å². The molecule has 1 aromatic heterocycles. The Balaban J connectivity index is 1.94. The average molecular weight is 281 g/mol. The van der Waals surface area contributed by atoms with Crippen LogP contribution in [-0.2, 0) is 13.1 Å². The highest BCUT2D eigenvalue weighted by atomic mass is 32.1. The minimum Gasteiger partial charge on any atom is -0.311 e. The van der Waals surface area contributed by atoms with Crippen LogP contribution in [0.1, 0.15) is 44.8 Å². The Hall–Kier alpha value is -0.450. The second kappa shape index (κ2) is 6.82. The third-order valence-corrected chi connectivity index (χ3v) is 5.11. The fraction of sp³-hybridized carbons (Fsp3) is 0.800. The number of hydrogen-bond acceptors (Lipinski definition) is 4. The van der Waals surface area contributed by atoms with Gasteiger partial charge in [-0.1, -0.05) is 20.8 Å². The lowest BCUT2D eigenvalue weighted by atomic mass is 9.86. The smallest absolute Gasteiger partial charge is 0.107 e. The standard InChI is InChI=1S/C15H27N3S/c1-5-16-7-15-17-14(10-19-15)9-18-8-11(2)6-12(3)13(18)4/h10-13,16H,5-9H2,1-4H3. The van der Waals surface area contributed by atoms with Crippen molar-refractivity contribution in [2.75, 3.05) is 13.1 Å². The molecular weight excluding hydrogens is 254 g/mol. The molecule has 0 radical (unpaired) electrons. The van der Waals surface area contributed by atoms with E-state index < -0.39 is 0 Å². The minimum atomic E-state index is 0.676. The van der Waals surface area contributed by atoms with Gasteiger partial charge in [-0.05, 0) is 31.7 Å². The summed E-state index contributed by atoms with van der Waals surface area (Å²) in [6.07, 6.45) is 1.36. The fourth-order valence-electron chi connectivity index (χ4n) is 2.98. The van der Waals surface area contributed by atoms with Crippen molar-refractivity contribution in [1.82, 2.24) is 15.2 Å². The van der Waals surface area contributed by atoms with E-state index in [1.165, 1.54) is 23.7 Å². The van der Waals surface area contributed by atoms with Gasteiger partial charge in [0.2, 0.25) is 0 Å². The summed E-state index contributed by atoms with van der Waals surface area (Å²) < 4.78 is 0. The molecule has 1 aliphatic heterocycles. The molecule has 0 amide bonds. The molecule has 3 unspecified atom stereocenters. The first-order chi connectivity index (χ1) is 9.10. The number of aromatic nitrogens is 1. The molecule has 108 valence electrons. The summed E-state index contributed by atoms with van der Waals surface area (Å²) in [4.78, 5) is 7.34. The zero-order valence-corrected chi connectivity index (χ0v) is 13.5. The van der Waals surface area contributed by atoms with E-state index in [9.17, 15) is 0 Å². The van der Waals surface area contributed by atoms with Gasteiger partial charge < -0.3 is 5.32 Å². The van der Waals surface area contributed by atoms with Crippen molar-refractivity contribution >= 4 is 11.3 Å². The molecular formula is C15H27N3S. The SMILES string of the molecule is CCNCc1nc(CN2CC(C)CC(C)C2C)cs1. The fourth-order valence-corrected chi connectivity index (χ4v) is 3.74. The number of thiazole rings is 1. The maximum absolute atomic E-state index is 4.74. The molecule has 1 aromatic rings. The third kappa shape index (κ3) is 4.01. The Morgan fingerprint density at radius 1 is 1.42 bits per heavy atom. The summed E-state index contributed by atoms with van der Waals surface area (Å²) in [6, 6.07) is 0.676. The Morgan fingerprint density at radius 2 is 2.21 bits per heavy atom. The predicted octanol–water partition coefficient (Wildman–Crippen LogP) is 3.12. The molecule has 1 aliphatic rings. The maximum atomic E-state index is 4.74. The topological polar surface area (TPSA) is 28.2 Å². The summed E-state index contributed by atoms with van der Waals surface area (Å²) in [6.45, 7) is 13.4. The van der Waals surface area contributed by atoms with E-state index >= 15 is 0 Å². The van der Waals surface area contributed by atoms with Crippen LogP contribution in [0.15, 0.2) is 5.38 Å². The van der Waals surface area contributed by atoms with Gasteiger partial charge in [-0.25, -0.2) is 4.98 Å². The first kappa shape index (κ1) is 14.9. The van der Waals surface area contributed by atoms with Crippen LogP contribution in [0.4, 0.5) is 0 Å². The van der Waals surface area contributed by atoms with Gasteiger partial charge in [0.05, 0.1) is 5.69 Å². The molecule has 2 heterocycles. The highest BCUT2D eigenvalue weighted by Crippen LogP contribution is 2.28. The molecule has 3 atom stereocenters. The minimum absolute atomic E-state index is 0.676. The molecule has 0 aliphatic carbocycles. The van der Waals surface area contributed by atoms with Crippen LogP contribution >= 0.6 is 11.3 Å². The van der Waals surface area contributed by atoms with Crippen molar-refractivity contribution in [2.45, 2.75) is 53.2 Å². The first-order valence-corrected chi connectivity index (χ1v) is 8.36. The van der Waals surface area contributed by atoms with Crippen molar-refractivity contribution in [3.8, 4) is 0 Å². The highest BCUT2D eigenvalue weighted by Gasteiger charge is 2.28. The molecule has 0 bridgehead atoms. The van der Waals surface area contributed by atoms with Gasteiger partial charge in [-0.15, -0.1) is 11.3 Å². The van der Waals surface area contributed by atoms with E-state index in [0.717, 1.165) is 31.5 Å². The maximum Gasteiger partial charge on any atom is 0.107 e. The molecule has 1 saturated heterocycles. The highest BCUT2D eigenvalue weighted by molar-refractivity contribution is 7.09. The zero-order chi connectivity index (χ0) is 13.8. The lowest BCUT2D eigenvalue weighted by Gasteiger charge is -2.40. The number of piperidine rings is 1. The van der Waals surface area contributed by atoms with Gasteiger partial charge in [0.25, 0.3) is 0 Å².